The molecule has 1 aromatic heterocycles. The molecule has 0 unspecified atom stereocenters. The van der Waals surface area contributed by atoms with Crippen molar-refractivity contribution in [3.05, 3.63) is 116 Å². The van der Waals surface area contributed by atoms with Crippen LogP contribution >= 0.6 is 0 Å². The molecule has 11 heteroatoms. The van der Waals surface area contributed by atoms with Crippen molar-refractivity contribution in [2.45, 2.75) is 0 Å². The Morgan fingerprint density at radius 2 is 1.47 bits per heavy atom. The molecule has 1 amide bonds. The predicted molar refractivity (Wildman–Crippen MR) is 124 cm³/mol. The van der Waals surface area contributed by atoms with Crippen molar-refractivity contribution in [3.63, 3.8) is 0 Å². The van der Waals surface area contributed by atoms with Gasteiger partial charge in [-0.25, -0.2) is 10.1 Å². The topological polar surface area (TPSA) is 146 Å². The van der Waals surface area contributed by atoms with Gasteiger partial charge in [0.1, 0.15) is 5.69 Å². The molecule has 0 aliphatic carbocycles. The Bertz CT molecular complexity index is 1380. The fourth-order valence-electron chi connectivity index (χ4n) is 3.12. The number of carbonyl (C=O) groups is 1. The number of nitro benzene ring substituents is 2. The summed E-state index contributed by atoms with van der Waals surface area (Å²) in [5.41, 5.74) is 4.87. The molecule has 1 heterocycles. The van der Waals surface area contributed by atoms with Crippen LogP contribution in [0.15, 0.2) is 90.2 Å². The highest BCUT2D eigenvalue weighted by atomic mass is 16.6. The minimum atomic E-state index is -0.499. The second-order valence-electron chi connectivity index (χ2n) is 7.02. The number of rotatable bonds is 7. The van der Waals surface area contributed by atoms with Crippen molar-refractivity contribution >= 4 is 23.5 Å². The van der Waals surface area contributed by atoms with Crippen molar-refractivity contribution in [1.29, 1.82) is 0 Å². The van der Waals surface area contributed by atoms with E-state index < -0.39 is 15.8 Å². The molecular weight excluding hydrogens is 440 g/mol. The quantitative estimate of drug-likeness (QED) is 0.251. The van der Waals surface area contributed by atoms with E-state index in [2.05, 4.69) is 15.6 Å². The SMILES string of the molecule is O=C(N/N=C/c1cn(-c2ccc([N+](=O)[O-])cc2)nc1-c1ccc([N+](=O)[O-])cc1)c1ccccc1. The van der Waals surface area contributed by atoms with Gasteiger partial charge >= 0.3 is 0 Å². The van der Waals surface area contributed by atoms with E-state index in [9.17, 15) is 25.0 Å². The van der Waals surface area contributed by atoms with Crippen LogP contribution in [-0.2, 0) is 0 Å². The first-order chi connectivity index (χ1) is 16.4. The van der Waals surface area contributed by atoms with Crippen LogP contribution in [0.25, 0.3) is 16.9 Å². The van der Waals surface area contributed by atoms with Crippen LogP contribution in [0.5, 0.6) is 0 Å². The largest absolute Gasteiger partial charge is 0.271 e. The standard InChI is InChI=1S/C23H16N6O5/c30-23(17-4-2-1-3-5-17)25-24-14-18-15-27(19-10-12-21(13-11-19)29(33)34)26-22(18)16-6-8-20(9-7-16)28(31)32/h1-15H,(H,25,30)/b24-14+. The average molecular weight is 456 g/mol. The zero-order chi connectivity index (χ0) is 24.1. The Labute approximate surface area is 192 Å². The van der Waals surface area contributed by atoms with Crippen LogP contribution < -0.4 is 5.43 Å². The normalized spacial score (nSPS) is 10.8. The summed E-state index contributed by atoms with van der Waals surface area (Å²) in [6, 6.07) is 20.2. The first kappa shape index (κ1) is 22.0. The van der Waals surface area contributed by atoms with E-state index in [-0.39, 0.29) is 11.4 Å². The first-order valence-corrected chi connectivity index (χ1v) is 9.90. The van der Waals surface area contributed by atoms with E-state index in [1.54, 1.807) is 60.8 Å². The number of hydrazone groups is 1. The lowest BCUT2D eigenvalue weighted by Crippen LogP contribution is -2.17. The van der Waals surface area contributed by atoms with Gasteiger partial charge in [0.2, 0.25) is 0 Å². The lowest BCUT2D eigenvalue weighted by molar-refractivity contribution is -0.385. The number of non-ortho nitro benzene ring substituents is 2. The van der Waals surface area contributed by atoms with Gasteiger partial charge < -0.3 is 0 Å². The Morgan fingerprint density at radius 3 is 2.06 bits per heavy atom. The van der Waals surface area contributed by atoms with Crippen LogP contribution in [-0.4, -0.2) is 31.7 Å². The number of nitro groups is 2. The molecule has 0 aliphatic heterocycles. The predicted octanol–water partition coefficient (Wildman–Crippen LogP) is 4.12. The maximum Gasteiger partial charge on any atom is 0.271 e. The third kappa shape index (κ3) is 4.83. The number of aromatic nitrogens is 2. The van der Waals surface area contributed by atoms with Gasteiger partial charge in [-0.15, -0.1) is 0 Å². The Hall–Kier alpha value is -5.19. The van der Waals surface area contributed by atoms with Crippen molar-refractivity contribution in [2.75, 3.05) is 0 Å². The van der Waals surface area contributed by atoms with Crippen LogP contribution in [0.1, 0.15) is 15.9 Å². The van der Waals surface area contributed by atoms with E-state index in [4.69, 9.17) is 0 Å². The number of hydrogen-bond acceptors (Lipinski definition) is 7. The van der Waals surface area contributed by atoms with Gasteiger partial charge in [-0.1, -0.05) is 18.2 Å². The fraction of sp³-hybridized carbons (Fsp3) is 0. The number of amides is 1. The summed E-state index contributed by atoms with van der Waals surface area (Å²) in [7, 11) is 0. The second kappa shape index (κ2) is 9.53. The van der Waals surface area contributed by atoms with Gasteiger partial charge in [0.15, 0.2) is 0 Å². The minimum Gasteiger partial charge on any atom is -0.267 e. The molecular formula is C23H16N6O5. The number of carbonyl (C=O) groups excluding carboxylic acids is 1. The van der Waals surface area contributed by atoms with Gasteiger partial charge in [0.25, 0.3) is 17.3 Å². The third-order valence-corrected chi connectivity index (χ3v) is 4.82. The molecule has 168 valence electrons. The molecule has 0 saturated carbocycles. The molecule has 0 fully saturated rings. The summed E-state index contributed by atoms with van der Waals surface area (Å²) in [5.74, 6) is -0.392. The second-order valence-corrected chi connectivity index (χ2v) is 7.02. The summed E-state index contributed by atoms with van der Waals surface area (Å²) >= 11 is 0. The Kier molecular flexibility index (Phi) is 6.17. The summed E-state index contributed by atoms with van der Waals surface area (Å²) in [4.78, 5) is 33.1. The van der Waals surface area contributed by atoms with E-state index in [1.807, 2.05) is 0 Å². The summed E-state index contributed by atoms with van der Waals surface area (Å²) in [5, 5.41) is 30.5. The van der Waals surface area contributed by atoms with Crippen molar-refractivity contribution in [2.24, 2.45) is 5.10 Å². The molecule has 0 radical (unpaired) electrons. The van der Waals surface area contributed by atoms with Crippen molar-refractivity contribution < 1.29 is 14.6 Å². The molecule has 0 aliphatic rings. The number of hydrogen-bond donors (Lipinski definition) is 1. The highest BCUT2D eigenvalue weighted by Crippen LogP contribution is 2.25. The molecule has 4 rings (SSSR count). The summed E-state index contributed by atoms with van der Waals surface area (Å²) in [6.07, 6.45) is 3.04. The van der Waals surface area contributed by atoms with Crippen molar-refractivity contribution in [1.82, 2.24) is 15.2 Å². The van der Waals surface area contributed by atoms with Crippen LogP contribution in [0.3, 0.4) is 0 Å². The van der Waals surface area contributed by atoms with Crippen LogP contribution in [0.4, 0.5) is 11.4 Å². The van der Waals surface area contributed by atoms with Gasteiger partial charge in [-0.05, 0) is 36.4 Å². The molecule has 4 aromatic rings. The Morgan fingerprint density at radius 1 is 0.882 bits per heavy atom. The zero-order valence-corrected chi connectivity index (χ0v) is 17.4. The van der Waals surface area contributed by atoms with E-state index >= 15 is 0 Å². The molecule has 3 aromatic carbocycles. The van der Waals surface area contributed by atoms with E-state index in [0.29, 0.717) is 28.1 Å². The molecule has 1 N–H and O–H groups in total. The lowest BCUT2D eigenvalue weighted by Gasteiger charge is -2.01. The highest BCUT2D eigenvalue weighted by Gasteiger charge is 2.14. The molecule has 11 nitrogen and oxygen atoms in total. The molecule has 0 saturated heterocycles. The zero-order valence-electron chi connectivity index (χ0n) is 17.4. The number of nitrogens with one attached hydrogen (secondary N) is 1. The van der Waals surface area contributed by atoms with Gasteiger partial charge in [0, 0.05) is 47.2 Å². The van der Waals surface area contributed by atoms with Crippen LogP contribution in [0, 0.1) is 20.2 Å². The van der Waals surface area contributed by atoms with E-state index in [0.717, 1.165) is 0 Å². The third-order valence-electron chi connectivity index (χ3n) is 4.82. The fourth-order valence-corrected chi connectivity index (χ4v) is 3.12. The van der Waals surface area contributed by atoms with Crippen molar-refractivity contribution in [3.8, 4) is 16.9 Å². The summed E-state index contributed by atoms with van der Waals surface area (Å²) < 4.78 is 1.50. The maximum absolute atomic E-state index is 12.2. The number of benzene rings is 3. The average Bonchev–Trinajstić information content (AvgIpc) is 3.28. The lowest BCUT2D eigenvalue weighted by atomic mass is 10.1. The van der Waals surface area contributed by atoms with Gasteiger partial charge in [-0.3, -0.25) is 25.0 Å². The molecule has 0 spiro atoms. The molecule has 0 atom stereocenters. The minimum absolute atomic E-state index is 0.0584. The monoisotopic (exact) mass is 456 g/mol. The maximum atomic E-state index is 12.2. The van der Waals surface area contributed by atoms with Gasteiger partial charge in [0.05, 0.1) is 21.7 Å². The molecule has 0 bridgehead atoms. The van der Waals surface area contributed by atoms with Gasteiger partial charge in [-0.2, -0.15) is 10.2 Å². The first-order valence-electron chi connectivity index (χ1n) is 9.90. The summed E-state index contributed by atoms with van der Waals surface area (Å²) in [6.45, 7) is 0. The number of nitrogens with zero attached hydrogens (tertiary/aromatic N) is 5. The molecule has 34 heavy (non-hydrogen) atoms. The highest BCUT2D eigenvalue weighted by molar-refractivity contribution is 5.95. The van der Waals surface area contributed by atoms with Crippen LogP contribution in [0.2, 0.25) is 0 Å². The van der Waals surface area contributed by atoms with E-state index in [1.165, 1.54) is 35.2 Å². The Balaban J connectivity index is 1.67. The smallest absolute Gasteiger partial charge is 0.267 e.